The van der Waals surface area contributed by atoms with Crippen LogP contribution in [0.15, 0.2) is 18.2 Å². The fourth-order valence-corrected chi connectivity index (χ4v) is 3.18. The van der Waals surface area contributed by atoms with Crippen molar-refractivity contribution in [1.82, 2.24) is 10.2 Å². The number of esters is 1. The lowest BCUT2D eigenvalue weighted by atomic mass is 9.99. The van der Waals surface area contributed by atoms with Crippen LogP contribution in [0.5, 0.6) is 0 Å². The van der Waals surface area contributed by atoms with Gasteiger partial charge in [0, 0.05) is 18.3 Å². The molecule has 1 N–H and O–H groups in total. The van der Waals surface area contributed by atoms with E-state index < -0.39 is 42.4 Å². The van der Waals surface area contributed by atoms with Crippen molar-refractivity contribution in [3.05, 3.63) is 29.3 Å². The Balaban J connectivity index is 1.58. The van der Waals surface area contributed by atoms with E-state index in [1.54, 1.807) is 39.1 Å². The molecule has 0 unspecified atom stereocenters. The van der Waals surface area contributed by atoms with Crippen LogP contribution in [0.3, 0.4) is 0 Å². The molecule has 0 bridgehead atoms. The molecule has 2 aliphatic rings. The van der Waals surface area contributed by atoms with Crippen molar-refractivity contribution in [3.63, 3.8) is 0 Å². The lowest BCUT2D eigenvalue weighted by Crippen LogP contribution is -2.43. The third kappa shape index (κ3) is 3.35. The summed E-state index contributed by atoms with van der Waals surface area (Å²) in [7, 11) is 1.66. The summed E-state index contributed by atoms with van der Waals surface area (Å²) in [5, 5.41) is 2.54. The molecule has 28 heavy (non-hydrogen) atoms. The number of carbonyl (C=O) groups excluding carboxylic acids is 5. The van der Waals surface area contributed by atoms with Gasteiger partial charge in [0.15, 0.2) is 12.4 Å². The summed E-state index contributed by atoms with van der Waals surface area (Å²) in [6.07, 6.45) is 0.604. The maximum atomic E-state index is 12.3. The van der Waals surface area contributed by atoms with Crippen LogP contribution in [0.4, 0.5) is 10.5 Å². The van der Waals surface area contributed by atoms with Crippen LogP contribution in [-0.2, 0) is 25.5 Å². The molecule has 0 aromatic heterocycles. The van der Waals surface area contributed by atoms with E-state index in [2.05, 4.69) is 5.32 Å². The number of benzene rings is 1. The second-order valence-electron chi connectivity index (χ2n) is 7.06. The van der Waals surface area contributed by atoms with Gasteiger partial charge in [0.1, 0.15) is 12.1 Å². The van der Waals surface area contributed by atoms with Crippen LogP contribution in [0.2, 0.25) is 0 Å². The van der Waals surface area contributed by atoms with E-state index in [0.717, 1.165) is 16.2 Å². The van der Waals surface area contributed by atoms with Crippen LogP contribution in [0.1, 0.15) is 36.2 Å². The first-order chi connectivity index (χ1) is 13.2. The molecule has 1 atom stereocenters. The van der Waals surface area contributed by atoms with E-state index in [-0.39, 0.29) is 12.3 Å². The lowest BCUT2D eigenvalue weighted by molar-refractivity contribution is -0.146. The minimum absolute atomic E-state index is 0.0568. The van der Waals surface area contributed by atoms with Crippen molar-refractivity contribution in [2.75, 3.05) is 25.1 Å². The maximum absolute atomic E-state index is 12.3. The molecule has 1 saturated heterocycles. The summed E-state index contributed by atoms with van der Waals surface area (Å²) in [4.78, 5) is 62.5. The molecule has 1 aromatic carbocycles. The minimum atomic E-state index is -1.04. The molecular weight excluding hydrogens is 366 g/mol. The Bertz CT molecular complexity index is 896. The molecule has 3 rings (SSSR count). The lowest BCUT2D eigenvalue weighted by Gasteiger charge is -2.18. The number of anilines is 1. The zero-order valence-electron chi connectivity index (χ0n) is 15.9. The second-order valence-corrected chi connectivity index (χ2v) is 7.06. The Kier molecular flexibility index (Phi) is 4.93. The Hall–Kier alpha value is -3.23. The quantitative estimate of drug-likeness (QED) is 0.436. The zero-order valence-corrected chi connectivity index (χ0v) is 15.9. The molecule has 0 spiro atoms. The number of likely N-dealkylation sites (N-methyl/N-ethyl adjacent to an activating group) is 1. The molecular formula is C19H21N3O6. The van der Waals surface area contributed by atoms with Gasteiger partial charge in [0.05, 0.1) is 6.42 Å². The largest absolute Gasteiger partial charge is 0.456 e. The van der Waals surface area contributed by atoms with Crippen molar-refractivity contribution in [3.8, 4) is 0 Å². The van der Waals surface area contributed by atoms with Gasteiger partial charge in [-0.3, -0.25) is 24.1 Å². The van der Waals surface area contributed by atoms with Crippen molar-refractivity contribution >= 4 is 35.3 Å². The van der Waals surface area contributed by atoms with Crippen LogP contribution < -0.4 is 10.2 Å². The van der Waals surface area contributed by atoms with Gasteiger partial charge >= 0.3 is 12.0 Å². The Morgan fingerprint density at radius 3 is 2.61 bits per heavy atom. The second kappa shape index (κ2) is 7.06. The normalized spacial score (nSPS) is 21.0. The maximum Gasteiger partial charge on any atom is 0.326 e. The van der Waals surface area contributed by atoms with E-state index in [0.29, 0.717) is 12.0 Å². The summed E-state index contributed by atoms with van der Waals surface area (Å²) < 4.78 is 4.94. The molecule has 148 valence electrons. The number of nitrogens with one attached hydrogen (secondary N) is 1. The number of imide groups is 1. The monoisotopic (exact) mass is 387 g/mol. The molecule has 4 amide bonds. The van der Waals surface area contributed by atoms with Crippen LogP contribution in [-0.4, -0.2) is 60.2 Å². The van der Waals surface area contributed by atoms with E-state index in [9.17, 15) is 24.0 Å². The highest BCUT2D eigenvalue weighted by molar-refractivity contribution is 6.08. The van der Waals surface area contributed by atoms with Gasteiger partial charge in [-0.25, -0.2) is 4.79 Å². The molecule has 1 aromatic rings. The highest BCUT2D eigenvalue weighted by Crippen LogP contribution is 2.28. The minimum Gasteiger partial charge on any atom is -0.456 e. The number of nitrogens with zero attached hydrogens (tertiary/aromatic N) is 2. The number of urea groups is 1. The molecule has 0 radical (unpaired) electrons. The van der Waals surface area contributed by atoms with Crippen LogP contribution in [0.25, 0.3) is 0 Å². The third-order valence-corrected chi connectivity index (χ3v) is 5.18. The topological polar surface area (TPSA) is 113 Å². The summed E-state index contributed by atoms with van der Waals surface area (Å²) >= 11 is 0. The van der Waals surface area contributed by atoms with Crippen LogP contribution in [0, 0.1) is 0 Å². The molecule has 1 fully saturated rings. The van der Waals surface area contributed by atoms with Crippen molar-refractivity contribution in [1.29, 1.82) is 0 Å². The summed E-state index contributed by atoms with van der Waals surface area (Å²) in [6.45, 7) is 2.26. The Labute approximate surface area is 161 Å². The number of rotatable bonds is 6. The molecule has 9 heteroatoms. The van der Waals surface area contributed by atoms with E-state index >= 15 is 0 Å². The fraction of sp³-hybridized carbons (Fsp3) is 0.421. The van der Waals surface area contributed by atoms with Gasteiger partial charge in [0.25, 0.3) is 5.91 Å². The number of Topliss-reactive ketones (excluding diaryl/α,β-unsaturated/α-hetero) is 1. The van der Waals surface area contributed by atoms with E-state index in [4.69, 9.17) is 4.74 Å². The number of ketones is 1. The first-order valence-electron chi connectivity index (χ1n) is 8.88. The van der Waals surface area contributed by atoms with E-state index in [1.165, 1.54) is 4.90 Å². The summed E-state index contributed by atoms with van der Waals surface area (Å²) in [5.41, 5.74) is 0.768. The first-order valence-corrected chi connectivity index (χ1v) is 8.88. The fourth-order valence-electron chi connectivity index (χ4n) is 3.18. The van der Waals surface area contributed by atoms with Gasteiger partial charge in [-0.05, 0) is 37.1 Å². The first kappa shape index (κ1) is 19.5. The summed E-state index contributed by atoms with van der Waals surface area (Å²) in [6, 6.07) is 4.18. The van der Waals surface area contributed by atoms with Crippen molar-refractivity contribution < 1.29 is 28.7 Å². The number of hydrogen-bond donors (Lipinski definition) is 1. The highest BCUT2D eigenvalue weighted by Gasteiger charge is 2.47. The molecule has 0 saturated carbocycles. The smallest absolute Gasteiger partial charge is 0.326 e. The summed E-state index contributed by atoms with van der Waals surface area (Å²) in [5.74, 6) is -1.85. The van der Waals surface area contributed by atoms with Crippen molar-refractivity contribution in [2.45, 2.75) is 32.2 Å². The highest BCUT2D eigenvalue weighted by atomic mass is 16.5. The van der Waals surface area contributed by atoms with Gasteiger partial charge in [-0.2, -0.15) is 0 Å². The average Bonchev–Trinajstić information content (AvgIpc) is 3.07. The Morgan fingerprint density at radius 2 is 1.96 bits per heavy atom. The van der Waals surface area contributed by atoms with Crippen LogP contribution >= 0.6 is 0 Å². The van der Waals surface area contributed by atoms with Gasteiger partial charge in [-0.15, -0.1) is 0 Å². The number of fused-ring (bicyclic) bond motifs is 1. The zero-order chi connectivity index (χ0) is 20.6. The Morgan fingerprint density at radius 1 is 1.25 bits per heavy atom. The molecule has 9 nitrogen and oxygen atoms in total. The molecule has 2 aliphatic heterocycles. The molecule has 0 aliphatic carbocycles. The molecule has 2 heterocycles. The van der Waals surface area contributed by atoms with Gasteiger partial charge in [0.2, 0.25) is 5.91 Å². The van der Waals surface area contributed by atoms with Gasteiger partial charge < -0.3 is 15.0 Å². The number of amides is 4. The van der Waals surface area contributed by atoms with Crippen molar-refractivity contribution in [2.24, 2.45) is 0 Å². The average molecular weight is 387 g/mol. The number of ether oxygens (including phenoxy) is 1. The van der Waals surface area contributed by atoms with E-state index in [1.807, 2.05) is 0 Å². The predicted molar refractivity (Wildman–Crippen MR) is 97.8 cm³/mol. The number of carbonyl (C=O) groups is 5. The third-order valence-electron chi connectivity index (χ3n) is 5.18. The SMILES string of the molecule is CC[C@]1(C)NC(=O)N(CC(=O)OCC(=O)c2ccc3c(c2)CC(=O)N3C)C1=O. The van der Waals surface area contributed by atoms with Gasteiger partial charge in [-0.1, -0.05) is 6.92 Å². The number of hydrogen-bond acceptors (Lipinski definition) is 6. The standard InChI is InChI=1S/C19H21N3O6/c1-4-19(2)17(26)22(18(27)20-19)9-16(25)28-10-14(23)11-5-6-13-12(7-11)8-15(24)21(13)3/h5-7H,4,8-10H2,1-3H3,(H,20,27)/t19-/m0/s1. The predicted octanol–water partition coefficient (Wildman–Crippen LogP) is 0.652.